The van der Waals surface area contributed by atoms with Crippen LogP contribution in [0.5, 0.6) is 11.5 Å². The van der Waals surface area contributed by atoms with Crippen molar-refractivity contribution >= 4 is 32.9 Å². The van der Waals surface area contributed by atoms with Crippen molar-refractivity contribution < 1.29 is 55.6 Å². The van der Waals surface area contributed by atoms with E-state index in [1.54, 1.807) is 70.2 Å². The molecule has 2 heterocycles. The molecule has 0 unspecified atom stereocenters. The molecule has 0 aromatic heterocycles. The van der Waals surface area contributed by atoms with Crippen molar-refractivity contribution in [2.75, 3.05) is 39.5 Å². The minimum atomic E-state index is -4.02. The number of alkyl carbamates (subject to hydrolysis) is 1. The van der Waals surface area contributed by atoms with Gasteiger partial charge in [0.05, 0.1) is 36.1 Å². The van der Waals surface area contributed by atoms with E-state index in [4.69, 9.17) is 18.9 Å². The van der Waals surface area contributed by atoms with Gasteiger partial charge in [0.1, 0.15) is 45.4 Å². The Labute approximate surface area is 341 Å². The number of nitrogens with zero attached hydrogens (tertiary/aromatic N) is 2. The third-order valence-corrected chi connectivity index (χ3v) is 14.1. The number of rotatable bonds is 15. The zero-order chi connectivity index (χ0) is 41.9. The highest BCUT2D eigenvalue weighted by molar-refractivity contribution is 7.89. The van der Waals surface area contributed by atoms with Gasteiger partial charge in [-0.1, -0.05) is 42.5 Å². The van der Waals surface area contributed by atoms with Crippen LogP contribution in [0.25, 0.3) is 11.1 Å². The number of ether oxygens (including phenoxy) is 4. The van der Waals surface area contributed by atoms with Crippen LogP contribution in [0, 0.1) is 0 Å². The summed E-state index contributed by atoms with van der Waals surface area (Å²) in [5.41, 5.74) is 1.57. The Morgan fingerprint density at radius 3 is 2.31 bits per heavy atom. The van der Waals surface area contributed by atoms with E-state index in [0.717, 1.165) is 16.0 Å². The number of hydrogen-bond donors (Lipinski definition) is 4. The van der Waals surface area contributed by atoms with Gasteiger partial charge in [0.25, 0.3) is 0 Å². The predicted molar refractivity (Wildman–Crippen MR) is 215 cm³/mol. The lowest BCUT2D eigenvalue weighted by molar-refractivity contribution is -0.0319. The number of carbonyl (C=O) groups is 2. The molecule has 3 fully saturated rings. The number of thiol groups is 1. The normalized spacial score (nSPS) is 19.4. The van der Waals surface area contributed by atoms with Crippen molar-refractivity contribution in [3.05, 3.63) is 77.9 Å². The highest BCUT2D eigenvalue weighted by atomic mass is 32.2. The summed E-state index contributed by atoms with van der Waals surface area (Å²) in [4.78, 5) is 25.7. The van der Waals surface area contributed by atoms with E-state index in [1.807, 2.05) is 24.3 Å². The summed E-state index contributed by atoms with van der Waals surface area (Å²) in [7, 11) is -6.67. The SMILES string of the molecule is CCOc1ccc(-c2ccc(CNC(=O)OC(C)(C)C)cc2)cc1S(=O)(=O)N1CCC2(CC1)C[C@H](N(C[C@H](O)COc1cccc(C3([SH](=O)=O)CC3)c1)C(=O)O)CO2. The quantitative estimate of drug-likeness (QED) is 0.148. The average Bonchev–Trinajstić information content (AvgIpc) is 3.91. The van der Waals surface area contributed by atoms with Gasteiger partial charge in [-0.15, -0.1) is 0 Å². The fourth-order valence-electron chi connectivity index (χ4n) is 7.54. The van der Waals surface area contributed by atoms with Crippen LogP contribution in [-0.4, -0.2) is 111 Å². The minimum Gasteiger partial charge on any atom is -0.492 e. The molecule has 1 aliphatic carbocycles. The third kappa shape index (κ3) is 10.1. The molecule has 17 heteroatoms. The lowest BCUT2D eigenvalue weighted by atomic mass is 9.88. The van der Waals surface area contributed by atoms with E-state index in [-0.39, 0.29) is 56.6 Å². The molecule has 3 aromatic carbocycles. The molecular formula is C41H53N3O12S2. The standard InChI is InChI=1S/C41H53N3O12S2/c1-5-53-35-14-13-30(29-11-9-28(10-12-29)24-42-37(46)56-39(2,3)4)21-36(35)58(51,52)43-19-17-40(18-20-43)23-32(26-55-40)44(38(47)48)25-33(45)27-54-34-8-6-7-31(22-34)41(15-16-41)57(49)50/h6-14,21-22,32-33,45,57H,5,15-20,23-27H2,1-4H3,(H,42,46)(H,47,48)/t32-,33-/m0/s1. The highest BCUT2D eigenvalue weighted by Crippen LogP contribution is 2.49. The number of piperidine rings is 1. The minimum absolute atomic E-state index is 0.0385. The molecule has 2 aliphatic heterocycles. The van der Waals surface area contributed by atoms with Crippen molar-refractivity contribution in [1.82, 2.24) is 14.5 Å². The lowest BCUT2D eigenvalue weighted by Crippen LogP contribution is -2.48. The molecule has 316 valence electrons. The lowest BCUT2D eigenvalue weighted by Gasteiger charge is -2.38. The molecule has 3 N–H and O–H groups in total. The molecule has 58 heavy (non-hydrogen) atoms. The number of aliphatic hydroxyl groups excluding tert-OH is 1. The summed E-state index contributed by atoms with van der Waals surface area (Å²) in [5, 5.41) is 23.7. The molecular weight excluding hydrogens is 791 g/mol. The van der Waals surface area contributed by atoms with Gasteiger partial charge < -0.3 is 39.4 Å². The topological polar surface area (TPSA) is 198 Å². The first-order valence-electron chi connectivity index (χ1n) is 19.5. The summed E-state index contributed by atoms with van der Waals surface area (Å²) >= 11 is 0. The van der Waals surface area contributed by atoms with E-state index >= 15 is 0 Å². The highest BCUT2D eigenvalue weighted by Gasteiger charge is 2.49. The van der Waals surface area contributed by atoms with Gasteiger partial charge in [0.2, 0.25) is 10.0 Å². The Hall–Kier alpha value is -4.42. The van der Waals surface area contributed by atoms with E-state index in [1.165, 1.54) is 4.31 Å². The molecule has 2 amide bonds. The number of amides is 2. The number of carbonyl (C=O) groups excluding carboxylic acids is 1. The van der Waals surface area contributed by atoms with Crippen LogP contribution >= 0.6 is 0 Å². The molecule has 2 saturated heterocycles. The van der Waals surface area contributed by atoms with Gasteiger partial charge in [-0.25, -0.2) is 26.4 Å². The molecule has 1 saturated carbocycles. The Balaban J connectivity index is 1.06. The Morgan fingerprint density at radius 2 is 1.69 bits per heavy atom. The van der Waals surface area contributed by atoms with E-state index in [2.05, 4.69) is 5.32 Å². The zero-order valence-corrected chi connectivity index (χ0v) is 34.9. The summed E-state index contributed by atoms with van der Waals surface area (Å²) < 4.78 is 75.6. The average molecular weight is 844 g/mol. The van der Waals surface area contributed by atoms with Gasteiger partial charge in [0.15, 0.2) is 0 Å². The maximum atomic E-state index is 14.2. The molecule has 0 bridgehead atoms. The molecule has 2 atom stereocenters. The first kappa shape index (κ1) is 43.2. The van der Waals surface area contributed by atoms with Gasteiger partial charge in [-0.2, -0.15) is 4.31 Å². The summed E-state index contributed by atoms with van der Waals surface area (Å²) in [6, 6.07) is 18.6. The van der Waals surface area contributed by atoms with Gasteiger partial charge in [0, 0.05) is 19.6 Å². The number of carboxylic acid groups (broad SMARTS) is 1. The van der Waals surface area contributed by atoms with Crippen molar-refractivity contribution in [3.8, 4) is 22.6 Å². The van der Waals surface area contributed by atoms with Gasteiger partial charge in [-0.05, 0) is 106 Å². The summed E-state index contributed by atoms with van der Waals surface area (Å²) in [5.74, 6) is 0.618. The van der Waals surface area contributed by atoms with Crippen LogP contribution in [0.2, 0.25) is 0 Å². The van der Waals surface area contributed by atoms with E-state index in [0.29, 0.717) is 49.0 Å². The smallest absolute Gasteiger partial charge is 0.407 e. The second kappa shape index (κ2) is 17.4. The monoisotopic (exact) mass is 843 g/mol. The number of benzene rings is 3. The number of aliphatic hydroxyl groups is 1. The number of nitrogens with one attached hydrogen (secondary N) is 1. The first-order valence-corrected chi connectivity index (χ1v) is 22.1. The van der Waals surface area contributed by atoms with Crippen LogP contribution in [0.15, 0.2) is 71.6 Å². The second-order valence-corrected chi connectivity index (χ2v) is 19.4. The Bertz CT molecular complexity index is 2130. The number of sulfonamides is 1. The van der Waals surface area contributed by atoms with E-state index < -0.39 is 61.0 Å². The zero-order valence-electron chi connectivity index (χ0n) is 33.2. The molecule has 3 aliphatic rings. The van der Waals surface area contributed by atoms with E-state index in [9.17, 15) is 36.6 Å². The largest absolute Gasteiger partial charge is 0.492 e. The molecule has 1 spiro atoms. The summed E-state index contributed by atoms with van der Waals surface area (Å²) in [6.07, 6.45) is -0.810. The Kier molecular flexibility index (Phi) is 13.0. The van der Waals surface area contributed by atoms with Crippen LogP contribution in [0.4, 0.5) is 9.59 Å². The second-order valence-electron chi connectivity index (χ2n) is 16.1. The van der Waals surface area contributed by atoms with Gasteiger partial charge >= 0.3 is 12.2 Å². The van der Waals surface area contributed by atoms with Crippen LogP contribution in [0.1, 0.15) is 70.9 Å². The van der Waals surface area contributed by atoms with Crippen molar-refractivity contribution in [3.63, 3.8) is 0 Å². The summed E-state index contributed by atoms with van der Waals surface area (Å²) in [6.45, 7) is 7.62. The van der Waals surface area contributed by atoms with Crippen molar-refractivity contribution in [2.24, 2.45) is 0 Å². The number of hydrogen-bond acceptors (Lipinski definition) is 11. The van der Waals surface area contributed by atoms with Crippen LogP contribution in [0.3, 0.4) is 0 Å². The van der Waals surface area contributed by atoms with Crippen molar-refractivity contribution in [2.45, 2.75) is 99.3 Å². The molecule has 6 rings (SSSR count). The maximum absolute atomic E-state index is 14.2. The van der Waals surface area contributed by atoms with Gasteiger partial charge in [-0.3, -0.25) is 0 Å². The first-order chi connectivity index (χ1) is 27.4. The van der Waals surface area contributed by atoms with Crippen molar-refractivity contribution in [1.29, 1.82) is 0 Å². The molecule has 3 aromatic rings. The predicted octanol–water partition coefficient (Wildman–Crippen LogP) is 5.11. The molecule has 15 nitrogen and oxygen atoms in total. The fourth-order valence-corrected chi connectivity index (χ4v) is 9.96. The van der Waals surface area contributed by atoms with Crippen LogP contribution < -0.4 is 14.8 Å². The van der Waals surface area contributed by atoms with Crippen LogP contribution in [-0.2, 0) is 41.5 Å². The molecule has 0 radical (unpaired) electrons. The fraction of sp³-hybridized carbons (Fsp3) is 0.512. The maximum Gasteiger partial charge on any atom is 0.407 e. The Morgan fingerprint density at radius 1 is 1.00 bits per heavy atom. The third-order valence-electron chi connectivity index (χ3n) is 10.8.